The number of amides is 2. The fourth-order valence-corrected chi connectivity index (χ4v) is 6.57. The van der Waals surface area contributed by atoms with E-state index >= 15 is 0 Å². The van der Waals surface area contributed by atoms with E-state index in [-0.39, 0.29) is 42.3 Å². The van der Waals surface area contributed by atoms with Crippen LogP contribution < -0.4 is 25.8 Å². The smallest absolute Gasteiger partial charge is 0.410 e. The van der Waals surface area contributed by atoms with Crippen molar-refractivity contribution in [2.45, 2.75) is 137 Å². The van der Waals surface area contributed by atoms with Gasteiger partial charge in [-0.25, -0.2) is 4.79 Å². The van der Waals surface area contributed by atoms with Gasteiger partial charge in [0.15, 0.2) is 0 Å². The van der Waals surface area contributed by atoms with Gasteiger partial charge in [0.05, 0.1) is 18.7 Å². The molecule has 1 aromatic carbocycles. The van der Waals surface area contributed by atoms with Crippen LogP contribution in [-0.4, -0.2) is 82.4 Å². The summed E-state index contributed by atoms with van der Waals surface area (Å²) in [4.78, 5) is 45.7. The number of ether oxygens (including phenoxy) is 3. The van der Waals surface area contributed by atoms with E-state index in [1.807, 2.05) is 74.4 Å². The molecule has 1 atom stereocenters. The third kappa shape index (κ3) is 10.4. The number of pyridine rings is 1. The number of aliphatic hydroxyl groups is 1. The predicted molar refractivity (Wildman–Crippen MR) is 190 cm³/mol. The molecule has 1 saturated carbocycles. The number of aryl methyl sites for hydroxylation is 2. The van der Waals surface area contributed by atoms with E-state index in [1.165, 1.54) is 0 Å². The summed E-state index contributed by atoms with van der Waals surface area (Å²) in [5, 5.41) is 16.6. The van der Waals surface area contributed by atoms with E-state index in [9.17, 15) is 19.5 Å². The Balaban J connectivity index is 1.54. The van der Waals surface area contributed by atoms with Crippen molar-refractivity contribution >= 4 is 17.7 Å². The summed E-state index contributed by atoms with van der Waals surface area (Å²) in [6.45, 7) is 20.6. The summed E-state index contributed by atoms with van der Waals surface area (Å²) in [5.74, 6) is 0.240. The molecule has 12 nitrogen and oxygen atoms in total. The van der Waals surface area contributed by atoms with Crippen LogP contribution in [0.3, 0.4) is 0 Å². The molecular formula is C37H57N5O7. The number of benzene rings is 1. The Labute approximate surface area is 290 Å². The van der Waals surface area contributed by atoms with Gasteiger partial charge in [-0.1, -0.05) is 0 Å². The Hall–Kier alpha value is -3.61. The molecule has 1 saturated heterocycles. The second kappa shape index (κ2) is 15.5. The van der Waals surface area contributed by atoms with Crippen molar-refractivity contribution in [1.29, 1.82) is 0 Å². The first kappa shape index (κ1) is 38.2. The van der Waals surface area contributed by atoms with Crippen molar-refractivity contribution in [2.75, 3.05) is 24.5 Å². The molecule has 12 heteroatoms. The highest BCUT2D eigenvalue weighted by Gasteiger charge is 2.36. The van der Waals surface area contributed by atoms with Crippen molar-refractivity contribution in [3.63, 3.8) is 0 Å². The molecule has 2 amide bonds. The number of anilines is 1. The van der Waals surface area contributed by atoms with Crippen LogP contribution in [0.5, 0.6) is 5.75 Å². The molecule has 0 spiro atoms. The lowest BCUT2D eigenvalue weighted by Crippen LogP contribution is -2.57. The number of hydrogen-bond donors (Lipinski definition) is 4. The number of aromatic amines is 1. The number of H-pyrrole nitrogens is 1. The zero-order valence-corrected chi connectivity index (χ0v) is 31.0. The summed E-state index contributed by atoms with van der Waals surface area (Å²) >= 11 is 0. The van der Waals surface area contributed by atoms with E-state index in [0.717, 1.165) is 54.7 Å². The Morgan fingerprint density at radius 1 is 1.02 bits per heavy atom. The molecule has 1 aromatic heterocycles. The Morgan fingerprint density at radius 3 is 2.24 bits per heavy atom. The van der Waals surface area contributed by atoms with Crippen molar-refractivity contribution in [3.8, 4) is 5.75 Å². The van der Waals surface area contributed by atoms with Gasteiger partial charge in [-0.05, 0) is 118 Å². The topological polar surface area (TPSA) is 145 Å². The highest BCUT2D eigenvalue weighted by atomic mass is 16.6. The summed E-state index contributed by atoms with van der Waals surface area (Å²) in [5.41, 5.74) is 3.03. The molecule has 2 heterocycles. The number of rotatable bonds is 11. The van der Waals surface area contributed by atoms with E-state index in [4.69, 9.17) is 14.2 Å². The molecule has 1 aliphatic heterocycles. The minimum Gasteiger partial charge on any atom is -0.487 e. The van der Waals surface area contributed by atoms with E-state index in [1.54, 1.807) is 11.0 Å². The number of aromatic nitrogens is 1. The fourth-order valence-electron chi connectivity index (χ4n) is 6.57. The monoisotopic (exact) mass is 683 g/mol. The summed E-state index contributed by atoms with van der Waals surface area (Å²) in [6.07, 6.45) is 1.86. The largest absolute Gasteiger partial charge is 0.487 e. The molecule has 0 radical (unpaired) electrons. The number of hydrogen-bond acceptors (Lipinski definition) is 9. The van der Waals surface area contributed by atoms with Crippen LogP contribution in [0.15, 0.2) is 23.0 Å². The number of nitrogens with zero attached hydrogens (tertiary/aromatic N) is 2. The number of carbonyl (C=O) groups is 2. The number of carbonyl (C=O) groups excluding carboxylic acids is 2. The Bertz CT molecular complexity index is 1530. The van der Waals surface area contributed by atoms with Crippen LogP contribution in [0.4, 0.5) is 10.5 Å². The second-order valence-corrected chi connectivity index (χ2v) is 15.4. The van der Waals surface area contributed by atoms with Gasteiger partial charge in [-0.15, -0.1) is 0 Å². The highest BCUT2D eigenvalue weighted by Crippen LogP contribution is 2.35. The number of nitrogens with one attached hydrogen (secondary N) is 3. The lowest BCUT2D eigenvalue weighted by molar-refractivity contribution is -0.186. The minimum atomic E-state index is -1.03. The average Bonchev–Trinajstić information content (AvgIpc) is 2.94. The first-order valence-electron chi connectivity index (χ1n) is 17.5. The van der Waals surface area contributed by atoms with Gasteiger partial charge in [0, 0.05) is 53.7 Å². The SMILES string of the molecule is CCN(c1cc(OC2CN(C(=O)OC(C)(C)C)C2)cc(C(=O)NCc2c(C)cc(C)[nH]c2=O)c1C)C1CCC(NC(O)OC(C)(C)C)CC1. The normalized spacial score (nSPS) is 19.2. The van der Waals surface area contributed by atoms with Gasteiger partial charge in [-0.3, -0.25) is 14.9 Å². The van der Waals surface area contributed by atoms with Gasteiger partial charge >= 0.3 is 6.09 Å². The number of likely N-dealkylation sites (tertiary alicyclic amines) is 1. The molecule has 2 aliphatic rings. The summed E-state index contributed by atoms with van der Waals surface area (Å²) < 4.78 is 17.5. The van der Waals surface area contributed by atoms with Gasteiger partial charge in [-0.2, -0.15) is 0 Å². The molecule has 272 valence electrons. The lowest BCUT2D eigenvalue weighted by Gasteiger charge is -2.41. The predicted octanol–water partition coefficient (Wildman–Crippen LogP) is 5.05. The van der Waals surface area contributed by atoms with Crippen molar-refractivity contribution in [3.05, 3.63) is 56.5 Å². The van der Waals surface area contributed by atoms with Crippen LogP contribution in [0.2, 0.25) is 0 Å². The minimum absolute atomic E-state index is 0.0902. The molecule has 0 bridgehead atoms. The maximum absolute atomic E-state index is 13.8. The third-order valence-corrected chi connectivity index (χ3v) is 8.95. The molecule has 1 unspecified atom stereocenters. The molecular weight excluding hydrogens is 626 g/mol. The third-order valence-electron chi connectivity index (χ3n) is 8.95. The van der Waals surface area contributed by atoms with E-state index < -0.39 is 17.6 Å². The maximum atomic E-state index is 13.8. The molecule has 2 aromatic rings. The lowest BCUT2D eigenvalue weighted by atomic mass is 9.89. The average molecular weight is 684 g/mol. The molecule has 2 fully saturated rings. The van der Waals surface area contributed by atoms with Crippen LogP contribution in [0.25, 0.3) is 0 Å². The first-order chi connectivity index (χ1) is 22.8. The van der Waals surface area contributed by atoms with Gasteiger partial charge in [0.25, 0.3) is 11.5 Å². The van der Waals surface area contributed by atoms with Crippen LogP contribution >= 0.6 is 0 Å². The Morgan fingerprint density at radius 2 is 1.67 bits per heavy atom. The molecule has 1 aliphatic carbocycles. The first-order valence-corrected chi connectivity index (χ1v) is 17.5. The van der Waals surface area contributed by atoms with E-state index in [0.29, 0.717) is 30.0 Å². The quantitative estimate of drug-likeness (QED) is 0.239. The summed E-state index contributed by atoms with van der Waals surface area (Å²) in [7, 11) is 0. The molecule has 49 heavy (non-hydrogen) atoms. The van der Waals surface area contributed by atoms with Gasteiger partial charge < -0.3 is 39.4 Å². The van der Waals surface area contributed by atoms with Gasteiger partial charge in [0.1, 0.15) is 17.5 Å². The molecule has 4 N–H and O–H groups in total. The van der Waals surface area contributed by atoms with Crippen molar-refractivity contribution in [1.82, 2.24) is 20.5 Å². The number of aliphatic hydroxyl groups excluding tert-OH is 1. The van der Waals surface area contributed by atoms with Crippen molar-refractivity contribution in [2.24, 2.45) is 0 Å². The fraction of sp³-hybridized carbons (Fsp3) is 0.649. The van der Waals surface area contributed by atoms with Crippen LogP contribution in [0.1, 0.15) is 107 Å². The second-order valence-electron chi connectivity index (χ2n) is 15.4. The van der Waals surface area contributed by atoms with Gasteiger partial charge in [0.2, 0.25) is 6.41 Å². The maximum Gasteiger partial charge on any atom is 0.410 e. The zero-order valence-electron chi connectivity index (χ0n) is 31.0. The summed E-state index contributed by atoms with van der Waals surface area (Å²) in [6, 6.07) is 5.98. The zero-order chi connectivity index (χ0) is 36.3. The van der Waals surface area contributed by atoms with Crippen molar-refractivity contribution < 1.29 is 28.9 Å². The van der Waals surface area contributed by atoms with Crippen LogP contribution in [-0.2, 0) is 16.0 Å². The molecule has 4 rings (SSSR count). The highest BCUT2D eigenvalue weighted by molar-refractivity contribution is 5.97. The van der Waals surface area contributed by atoms with E-state index in [2.05, 4.69) is 27.4 Å². The Kier molecular flexibility index (Phi) is 12.1. The standard InChI is InChI=1S/C37H57N5O7/c1-11-42(26-14-12-25(13-15-26)40-34(45)48-36(5,6)7)31-18-27(47-28-20-41(21-28)35(46)49-37(8,9)10)17-29(24(31)4)32(43)38-19-30-22(2)16-23(3)39-33(30)44/h16-18,25-26,28,34,40,45H,11-15,19-21H2,1-10H3,(H,38,43)(H,39,44). The van der Waals surface area contributed by atoms with Crippen LogP contribution in [0, 0.1) is 20.8 Å².